The van der Waals surface area contributed by atoms with Crippen LogP contribution in [0.5, 0.6) is 0 Å². The van der Waals surface area contributed by atoms with Gasteiger partial charge in [-0.1, -0.05) is 0 Å². The predicted molar refractivity (Wildman–Crippen MR) is 76.2 cm³/mol. The van der Waals surface area contributed by atoms with Crippen molar-refractivity contribution < 1.29 is 22.8 Å². The molecular weight excluding hydrogens is 299 g/mol. The molecule has 2 amide bonds. The number of likely N-dealkylation sites (tertiary alicyclic amines) is 1. The number of rotatable bonds is 6. The van der Waals surface area contributed by atoms with Gasteiger partial charge in [-0.25, -0.2) is 0 Å². The molecule has 1 unspecified atom stereocenters. The molecule has 0 aromatic carbocycles. The number of hydrogen-bond donors (Lipinski definition) is 1. The molecule has 22 heavy (non-hydrogen) atoms. The first-order chi connectivity index (χ1) is 10.3. The Bertz CT molecular complexity index is 388. The minimum Gasteiger partial charge on any atom is -0.342 e. The third-order valence-corrected chi connectivity index (χ3v) is 3.78. The Hall–Kier alpha value is -1.31. The Morgan fingerprint density at radius 1 is 1.36 bits per heavy atom. The van der Waals surface area contributed by atoms with Crippen LogP contribution in [0.4, 0.5) is 13.2 Å². The second-order valence-corrected chi connectivity index (χ2v) is 5.50. The molecule has 0 saturated carbocycles. The van der Waals surface area contributed by atoms with Crippen LogP contribution in [0.3, 0.4) is 0 Å². The summed E-state index contributed by atoms with van der Waals surface area (Å²) in [5.74, 6) is -1.11. The first kappa shape index (κ1) is 18.7. The maximum Gasteiger partial charge on any atom is 0.406 e. The van der Waals surface area contributed by atoms with E-state index in [4.69, 9.17) is 0 Å². The molecule has 1 heterocycles. The summed E-state index contributed by atoms with van der Waals surface area (Å²) in [7, 11) is 1.74. The summed E-state index contributed by atoms with van der Waals surface area (Å²) in [5.41, 5.74) is 0. The number of amides is 2. The summed E-state index contributed by atoms with van der Waals surface area (Å²) < 4.78 is 37.5. The fourth-order valence-electron chi connectivity index (χ4n) is 2.62. The van der Waals surface area contributed by atoms with Crippen molar-refractivity contribution in [3.63, 3.8) is 0 Å². The van der Waals surface area contributed by atoms with Gasteiger partial charge in [-0.05, 0) is 26.8 Å². The van der Waals surface area contributed by atoms with Crippen molar-refractivity contribution in [2.45, 2.75) is 32.4 Å². The van der Waals surface area contributed by atoms with Crippen LogP contribution in [0, 0.1) is 5.92 Å². The van der Waals surface area contributed by atoms with Gasteiger partial charge in [-0.15, -0.1) is 0 Å². The Morgan fingerprint density at radius 2 is 2.05 bits per heavy atom. The number of carbonyl (C=O) groups is 2. The maximum absolute atomic E-state index is 12.5. The van der Waals surface area contributed by atoms with E-state index in [1.165, 1.54) is 6.92 Å². The zero-order valence-electron chi connectivity index (χ0n) is 13.1. The number of hydrogen-bond acceptors (Lipinski definition) is 3. The van der Waals surface area contributed by atoms with Crippen LogP contribution in [0.1, 0.15) is 26.2 Å². The van der Waals surface area contributed by atoms with Crippen LogP contribution in [-0.2, 0) is 9.59 Å². The van der Waals surface area contributed by atoms with E-state index in [2.05, 4.69) is 5.32 Å². The van der Waals surface area contributed by atoms with Gasteiger partial charge >= 0.3 is 6.18 Å². The van der Waals surface area contributed by atoms with Gasteiger partial charge in [-0.3, -0.25) is 9.59 Å². The highest BCUT2D eigenvalue weighted by atomic mass is 19.4. The highest BCUT2D eigenvalue weighted by Crippen LogP contribution is 2.22. The number of nitrogens with zero attached hydrogens (tertiary/aromatic N) is 2. The molecule has 0 aromatic rings. The SMILES string of the molecule is CCN(CC(F)(F)F)C(=O)C1CCCN(C(=O)CCNC)C1. The molecule has 128 valence electrons. The Labute approximate surface area is 128 Å². The van der Waals surface area contributed by atoms with Gasteiger partial charge in [-0.2, -0.15) is 13.2 Å². The van der Waals surface area contributed by atoms with E-state index in [9.17, 15) is 22.8 Å². The number of halogens is 3. The molecule has 8 heteroatoms. The van der Waals surface area contributed by atoms with E-state index < -0.39 is 24.5 Å². The minimum absolute atomic E-state index is 0.0164. The van der Waals surface area contributed by atoms with Crippen molar-refractivity contribution in [2.24, 2.45) is 5.92 Å². The van der Waals surface area contributed by atoms with Gasteiger partial charge < -0.3 is 15.1 Å². The lowest BCUT2D eigenvalue weighted by Gasteiger charge is -2.35. The molecule has 5 nitrogen and oxygen atoms in total. The molecule has 0 aromatic heterocycles. The summed E-state index contributed by atoms with van der Waals surface area (Å²) in [6, 6.07) is 0. The zero-order valence-corrected chi connectivity index (χ0v) is 13.1. The van der Waals surface area contributed by atoms with Crippen molar-refractivity contribution in [2.75, 3.05) is 39.8 Å². The van der Waals surface area contributed by atoms with E-state index in [0.717, 1.165) is 4.90 Å². The van der Waals surface area contributed by atoms with Crippen LogP contribution in [-0.4, -0.2) is 67.6 Å². The Balaban J connectivity index is 2.62. The van der Waals surface area contributed by atoms with Gasteiger partial charge in [0.15, 0.2) is 0 Å². The zero-order chi connectivity index (χ0) is 16.8. The number of piperidine rings is 1. The summed E-state index contributed by atoms with van der Waals surface area (Å²) in [6.07, 6.45) is -2.89. The summed E-state index contributed by atoms with van der Waals surface area (Å²) in [5, 5.41) is 2.88. The topological polar surface area (TPSA) is 52.7 Å². The van der Waals surface area contributed by atoms with Crippen LogP contribution >= 0.6 is 0 Å². The van der Waals surface area contributed by atoms with Crippen LogP contribution in [0.2, 0.25) is 0 Å². The average molecular weight is 323 g/mol. The van der Waals surface area contributed by atoms with E-state index in [1.54, 1.807) is 11.9 Å². The first-order valence-electron chi connectivity index (χ1n) is 7.56. The summed E-state index contributed by atoms with van der Waals surface area (Å²) in [6.45, 7) is 1.65. The summed E-state index contributed by atoms with van der Waals surface area (Å²) >= 11 is 0. The normalized spacial score (nSPS) is 19.1. The monoisotopic (exact) mass is 323 g/mol. The molecule has 1 rings (SSSR count). The molecule has 1 fully saturated rings. The molecule has 0 bridgehead atoms. The number of nitrogens with one attached hydrogen (secondary N) is 1. The molecule has 0 aliphatic carbocycles. The standard InChI is InChI=1S/C14H24F3N3O2/c1-3-19(10-14(15,16)17)13(22)11-5-4-8-20(9-11)12(21)6-7-18-2/h11,18H,3-10H2,1-2H3. The van der Waals surface area contributed by atoms with Gasteiger partial charge in [0, 0.05) is 32.6 Å². The molecule has 0 radical (unpaired) electrons. The molecule has 0 spiro atoms. The summed E-state index contributed by atoms with van der Waals surface area (Å²) in [4.78, 5) is 26.7. The van der Waals surface area contributed by atoms with Crippen LogP contribution in [0.15, 0.2) is 0 Å². The lowest BCUT2D eigenvalue weighted by molar-refractivity contribution is -0.164. The molecule has 1 saturated heterocycles. The largest absolute Gasteiger partial charge is 0.406 e. The molecule has 1 aliphatic rings. The number of carbonyl (C=O) groups excluding carboxylic acids is 2. The quantitative estimate of drug-likeness (QED) is 0.800. The lowest BCUT2D eigenvalue weighted by atomic mass is 9.96. The lowest BCUT2D eigenvalue weighted by Crippen LogP contribution is -2.48. The molecule has 1 atom stereocenters. The third kappa shape index (κ3) is 5.82. The second-order valence-electron chi connectivity index (χ2n) is 5.50. The van der Waals surface area contributed by atoms with E-state index in [-0.39, 0.29) is 19.0 Å². The Morgan fingerprint density at radius 3 is 2.59 bits per heavy atom. The third-order valence-electron chi connectivity index (χ3n) is 3.78. The van der Waals surface area contributed by atoms with Crippen molar-refractivity contribution in [1.29, 1.82) is 0 Å². The van der Waals surface area contributed by atoms with E-state index in [1.807, 2.05) is 0 Å². The van der Waals surface area contributed by atoms with Crippen molar-refractivity contribution in [3.05, 3.63) is 0 Å². The van der Waals surface area contributed by atoms with Crippen LogP contribution in [0.25, 0.3) is 0 Å². The van der Waals surface area contributed by atoms with E-state index in [0.29, 0.717) is 32.4 Å². The minimum atomic E-state index is -4.40. The van der Waals surface area contributed by atoms with Crippen molar-refractivity contribution in [1.82, 2.24) is 15.1 Å². The predicted octanol–water partition coefficient (Wildman–Crippen LogP) is 1.25. The average Bonchev–Trinajstić information content (AvgIpc) is 2.48. The highest BCUT2D eigenvalue weighted by Gasteiger charge is 2.36. The number of alkyl halides is 3. The Kier molecular flexibility index (Phi) is 7.12. The van der Waals surface area contributed by atoms with Gasteiger partial charge in [0.1, 0.15) is 6.54 Å². The molecule has 1 aliphatic heterocycles. The molecular formula is C14H24F3N3O2. The first-order valence-corrected chi connectivity index (χ1v) is 7.56. The van der Waals surface area contributed by atoms with Gasteiger partial charge in [0.2, 0.25) is 11.8 Å². The fourth-order valence-corrected chi connectivity index (χ4v) is 2.62. The highest BCUT2D eigenvalue weighted by molar-refractivity contribution is 5.81. The van der Waals surface area contributed by atoms with Gasteiger partial charge in [0.05, 0.1) is 5.92 Å². The van der Waals surface area contributed by atoms with Crippen molar-refractivity contribution >= 4 is 11.8 Å². The fraction of sp³-hybridized carbons (Fsp3) is 0.857. The maximum atomic E-state index is 12.5. The van der Waals surface area contributed by atoms with Crippen LogP contribution < -0.4 is 5.32 Å². The van der Waals surface area contributed by atoms with Gasteiger partial charge in [0.25, 0.3) is 0 Å². The second kappa shape index (κ2) is 8.36. The molecule has 1 N–H and O–H groups in total. The van der Waals surface area contributed by atoms with Crippen molar-refractivity contribution in [3.8, 4) is 0 Å². The van der Waals surface area contributed by atoms with E-state index >= 15 is 0 Å². The smallest absolute Gasteiger partial charge is 0.342 e.